The fraction of sp³-hybridized carbons (Fsp3) is 0.808. The first kappa shape index (κ1) is 40.9. The molecule has 0 bridgehead atoms. The van der Waals surface area contributed by atoms with E-state index in [2.05, 4.69) is 43.2 Å². The van der Waals surface area contributed by atoms with E-state index >= 15 is 0 Å². The van der Waals surface area contributed by atoms with E-state index in [0.29, 0.717) is 32.0 Å². The molecule has 1 saturated carbocycles. The number of aldehydes is 1. The fourth-order valence-electron chi connectivity index (χ4n) is 4.42. The Labute approximate surface area is 268 Å². The minimum atomic E-state index is -2.93. The normalized spacial score (nSPS) is 19.0. The second-order valence-corrected chi connectivity index (χ2v) is 14.4. The lowest BCUT2D eigenvalue weighted by molar-refractivity contribution is -0.130. The Morgan fingerprint density at radius 3 is 1.98 bits per heavy atom. The highest BCUT2D eigenvalue weighted by Crippen LogP contribution is 2.50. The Bertz CT molecular complexity index is 952. The summed E-state index contributed by atoms with van der Waals surface area (Å²) in [5, 5.41) is 10.6. The van der Waals surface area contributed by atoms with Crippen LogP contribution in [0.2, 0.25) is 0 Å². The van der Waals surface area contributed by atoms with Crippen molar-refractivity contribution in [2.45, 2.75) is 69.6 Å². The average molecular weight is 685 g/mol. The van der Waals surface area contributed by atoms with Gasteiger partial charge in [-0.05, 0) is 38.5 Å². The van der Waals surface area contributed by atoms with Crippen molar-refractivity contribution in [1.29, 1.82) is 0 Å². The van der Waals surface area contributed by atoms with Gasteiger partial charge in [-0.15, -0.1) is 0 Å². The number of carbonyl (C=O) groups is 5. The first-order chi connectivity index (χ1) is 21.5. The summed E-state index contributed by atoms with van der Waals surface area (Å²) in [6, 6.07) is -1.94. The number of carbonyl (C=O) groups excluding carboxylic acids is 5. The molecule has 8 N–H and O–H groups in total. The summed E-state index contributed by atoms with van der Waals surface area (Å²) in [6.07, 6.45) is 2.22. The van der Waals surface area contributed by atoms with E-state index in [1.54, 1.807) is 0 Å². The first-order valence-electron chi connectivity index (χ1n) is 14.9. The topological polar surface area (TPSA) is 249 Å². The molecule has 45 heavy (non-hydrogen) atoms. The van der Waals surface area contributed by atoms with E-state index in [1.165, 1.54) is 6.66 Å². The second-order valence-electron chi connectivity index (χ2n) is 10.4. The molecule has 1 aliphatic rings. The molecule has 0 saturated heterocycles. The zero-order valence-electron chi connectivity index (χ0n) is 25.7. The summed E-state index contributed by atoms with van der Waals surface area (Å²) < 4.78 is 27.7. The third kappa shape index (κ3) is 20.6. The number of thiol groups is 1. The molecule has 0 aliphatic heterocycles. The number of hydrogen-bond donors (Lipinski definition) is 7. The van der Waals surface area contributed by atoms with Crippen molar-refractivity contribution in [1.82, 2.24) is 21.3 Å². The maximum atomic E-state index is 12.8. The van der Waals surface area contributed by atoms with Gasteiger partial charge in [-0.1, -0.05) is 12.2 Å². The lowest BCUT2D eigenvalue weighted by Gasteiger charge is -2.29. The molecule has 1 aliphatic carbocycles. The molecule has 0 spiro atoms. The van der Waals surface area contributed by atoms with Crippen molar-refractivity contribution in [3.05, 3.63) is 0 Å². The molecule has 0 aromatic heterocycles. The third-order valence-corrected chi connectivity index (χ3v) is 7.65. The number of ether oxygens (including phenoxy) is 2. The maximum Gasteiger partial charge on any atom is 0.252 e. The van der Waals surface area contributed by atoms with Gasteiger partial charge in [-0.3, -0.25) is 23.7 Å². The molecule has 0 radical (unpaired) electrons. The molecular formula is C26H49N6O11PS. The standard InChI is InChI=1S/C26H49N6O11PS/c1-44(38,45)43-21-5-2-19(3-6-21)25(36)31-20(18-33)4-8-24(35)32-22(26(37)30-11-13-40-15-17-42-28)7-9-23(34)29-10-12-39-14-16-41-27/h18-22H,2-17,27-28H2,1H3,(H,29,34)(H,30,37)(H,31,36)(H,32,35)(H,38,45)/t19-,20?,21+,22?,44?. The van der Waals surface area contributed by atoms with Crippen molar-refractivity contribution < 1.29 is 52.2 Å². The van der Waals surface area contributed by atoms with E-state index in [4.69, 9.17) is 25.8 Å². The summed E-state index contributed by atoms with van der Waals surface area (Å²) in [5.74, 6) is 7.80. The van der Waals surface area contributed by atoms with Crippen LogP contribution in [0.5, 0.6) is 0 Å². The van der Waals surface area contributed by atoms with Crippen LogP contribution in [0.15, 0.2) is 0 Å². The van der Waals surface area contributed by atoms with Gasteiger partial charge in [0.2, 0.25) is 23.6 Å². The van der Waals surface area contributed by atoms with Crippen molar-refractivity contribution in [3.8, 4) is 0 Å². The molecule has 260 valence electrons. The highest BCUT2D eigenvalue weighted by Gasteiger charge is 2.30. The van der Waals surface area contributed by atoms with Crippen molar-refractivity contribution >= 4 is 48.7 Å². The van der Waals surface area contributed by atoms with Gasteiger partial charge in [0.15, 0.2) is 0 Å². The van der Waals surface area contributed by atoms with E-state index < -0.39 is 30.5 Å². The van der Waals surface area contributed by atoms with Crippen LogP contribution < -0.4 is 33.1 Å². The number of nitrogens with one attached hydrogen (secondary N) is 4. The van der Waals surface area contributed by atoms with E-state index in [9.17, 15) is 28.5 Å². The number of rotatable bonds is 25. The van der Waals surface area contributed by atoms with Gasteiger partial charge < -0.3 is 49.7 Å². The molecule has 0 aromatic rings. The van der Waals surface area contributed by atoms with Crippen molar-refractivity contribution in [3.63, 3.8) is 0 Å². The zero-order chi connectivity index (χ0) is 33.5. The minimum Gasteiger partial charge on any atom is -0.377 e. The zero-order valence-corrected chi connectivity index (χ0v) is 27.5. The second kappa shape index (κ2) is 24.1. The summed E-state index contributed by atoms with van der Waals surface area (Å²) in [6.45, 7) is 0.200. The van der Waals surface area contributed by atoms with Crippen molar-refractivity contribution in [2.75, 3.05) is 59.4 Å². The average Bonchev–Trinajstić information content (AvgIpc) is 3.00. The Kier molecular flexibility index (Phi) is 21.9. The van der Waals surface area contributed by atoms with E-state index in [0.717, 1.165) is 0 Å². The smallest absolute Gasteiger partial charge is 0.252 e. The van der Waals surface area contributed by atoms with Crippen LogP contribution in [0.1, 0.15) is 51.4 Å². The highest BCUT2D eigenvalue weighted by atomic mass is 32.7. The highest BCUT2D eigenvalue weighted by molar-refractivity contribution is 8.46. The summed E-state index contributed by atoms with van der Waals surface area (Å²) in [4.78, 5) is 71.0. The minimum absolute atomic E-state index is 0.00802. The quantitative estimate of drug-likeness (QED) is 0.0203. The largest absolute Gasteiger partial charge is 0.377 e. The molecule has 3 atom stereocenters. The van der Waals surface area contributed by atoms with Gasteiger partial charge in [-0.25, -0.2) is 11.8 Å². The molecule has 17 nitrogen and oxygen atoms in total. The van der Waals surface area contributed by atoms with E-state index in [1.807, 2.05) is 0 Å². The number of hydrogen-bond acceptors (Lipinski definition) is 13. The van der Waals surface area contributed by atoms with Gasteiger partial charge in [-0.2, -0.15) is 0 Å². The maximum absolute atomic E-state index is 12.8. The van der Waals surface area contributed by atoms with Gasteiger partial charge >= 0.3 is 0 Å². The van der Waals surface area contributed by atoms with Crippen LogP contribution in [0.25, 0.3) is 0 Å². The van der Waals surface area contributed by atoms with Gasteiger partial charge in [0.1, 0.15) is 12.3 Å². The van der Waals surface area contributed by atoms with Crippen molar-refractivity contribution in [2.24, 2.45) is 17.7 Å². The van der Waals surface area contributed by atoms with Gasteiger partial charge in [0.25, 0.3) is 6.57 Å². The van der Waals surface area contributed by atoms with Gasteiger partial charge in [0, 0.05) is 38.5 Å². The Morgan fingerprint density at radius 2 is 1.42 bits per heavy atom. The van der Waals surface area contributed by atoms with Gasteiger partial charge in [0.05, 0.1) is 51.8 Å². The molecule has 0 heterocycles. The van der Waals surface area contributed by atoms with Crippen LogP contribution in [0, 0.1) is 5.92 Å². The summed E-state index contributed by atoms with van der Waals surface area (Å²) in [7, 11) is 0. The number of nitrogens with two attached hydrogens (primary N) is 2. The van der Waals surface area contributed by atoms with Crippen LogP contribution in [-0.2, 0) is 52.2 Å². The Balaban J connectivity index is 2.57. The molecule has 19 heteroatoms. The fourth-order valence-corrected chi connectivity index (χ4v) is 5.58. The van der Waals surface area contributed by atoms with Crippen LogP contribution in [0.3, 0.4) is 0 Å². The molecule has 3 unspecified atom stereocenters. The Hall–Kier alpha value is -2.15. The summed E-state index contributed by atoms with van der Waals surface area (Å²) >= 11 is 3.95. The third-order valence-electron chi connectivity index (χ3n) is 6.68. The van der Waals surface area contributed by atoms with Crippen LogP contribution >= 0.6 is 18.8 Å². The molecule has 4 amide bonds. The lowest BCUT2D eigenvalue weighted by atomic mass is 9.86. The molecular weight excluding hydrogens is 635 g/mol. The summed E-state index contributed by atoms with van der Waals surface area (Å²) in [5.41, 5.74) is 0. The SMILES string of the molecule is CP(=O)(S)O[C@H]1CC[C@@H](C(=O)NC(C=O)CCC(=O)NC(CCC(=O)NCCOCCON)C(=O)NCCOCCON)CC1. The predicted octanol–water partition coefficient (Wildman–Crippen LogP) is -0.910. The predicted molar refractivity (Wildman–Crippen MR) is 166 cm³/mol. The van der Waals surface area contributed by atoms with E-state index in [-0.39, 0.29) is 102 Å². The lowest BCUT2D eigenvalue weighted by Crippen LogP contribution is -2.48. The monoisotopic (exact) mass is 684 g/mol. The first-order valence-corrected chi connectivity index (χ1v) is 18.1. The molecule has 1 fully saturated rings. The van der Waals surface area contributed by atoms with Crippen LogP contribution in [0.4, 0.5) is 0 Å². The molecule has 0 aromatic carbocycles. The molecule has 1 rings (SSSR count). The number of amides is 4. The Morgan fingerprint density at radius 1 is 0.844 bits per heavy atom. The van der Waals surface area contributed by atoms with Crippen LogP contribution in [-0.4, -0.2) is 107 Å².